The first-order valence-corrected chi connectivity index (χ1v) is 8.14. The Morgan fingerprint density at radius 3 is 2.73 bits per heavy atom. The van der Waals surface area contributed by atoms with Gasteiger partial charge in [0, 0.05) is 25.1 Å². The van der Waals surface area contributed by atoms with Crippen LogP contribution in [0.5, 0.6) is 0 Å². The highest BCUT2D eigenvalue weighted by atomic mass is 19.3. The first-order chi connectivity index (χ1) is 12.2. The van der Waals surface area contributed by atoms with E-state index in [1.165, 1.54) is 16.8 Å². The van der Waals surface area contributed by atoms with E-state index in [0.717, 1.165) is 0 Å². The van der Waals surface area contributed by atoms with E-state index in [-0.39, 0.29) is 35.3 Å². The predicted octanol–water partition coefficient (Wildman–Crippen LogP) is 1.28. The van der Waals surface area contributed by atoms with Gasteiger partial charge in [-0.3, -0.25) is 9.59 Å². The third-order valence-electron chi connectivity index (χ3n) is 4.05. The van der Waals surface area contributed by atoms with Gasteiger partial charge in [0.25, 0.3) is 17.7 Å². The lowest BCUT2D eigenvalue weighted by atomic mass is 9.88. The Morgan fingerprint density at radius 1 is 1.46 bits per heavy atom. The monoisotopic (exact) mass is 367 g/mol. The molecule has 0 bridgehead atoms. The molecule has 3 rings (SSSR count). The van der Waals surface area contributed by atoms with E-state index in [0.29, 0.717) is 0 Å². The third-order valence-corrected chi connectivity index (χ3v) is 4.05. The molecule has 0 aliphatic heterocycles. The van der Waals surface area contributed by atoms with Crippen molar-refractivity contribution < 1.29 is 23.1 Å². The van der Waals surface area contributed by atoms with Crippen LogP contribution in [0.1, 0.15) is 53.2 Å². The maximum Gasteiger partial charge on any atom is 0.270 e. The maximum absolute atomic E-state index is 12.9. The van der Waals surface area contributed by atoms with Crippen molar-refractivity contribution >= 4 is 17.5 Å². The number of carbonyl (C=O) groups is 2. The van der Waals surface area contributed by atoms with Crippen molar-refractivity contribution in [1.82, 2.24) is 19.9 Å². The zero-order valence-corrected chi connectivity index (χ0v) is 14.3. The Hall–Kier alpha value is -2.62. The topological polar surface area (TPSA) is 112 Å². The highest BCUT2D eigenvalue weighted by Gasteiger charge is 2.46. The molecule has 1 aliphatic carbocycles. The van der Waals surface area contributed by atoms with Crippen molar-refractivity contribution in [3.8, 4) is 0 Å². The van der Waals surface area contributed by atoms with Crippen LogP contribution < -0.4 is 11.1 Å². The molecule has 0 aromatic carbocycles. The average Bonchev–Trinajstić information content (AvgIpc) is 2.89. The number of ether oxygens (including phenoxy) is 1. The van der Waals surface area contributed by atoms with E-state index in [4.69, 9.17) is 10.5 Å². The molecule has 0 saturated heterocycles. The summed E-state index contributed by atoms with van der Waals surface area (Å²) in [7, 11) is 0. The summed E-state index contributed by atoms with van der Waals surface area (Å²) in [5, 5.41) is 6.76. The molecule has 1 saturated carbocycles. The number of fused-ring (bicyclic) bond motifs is 1. The number of halogens is 2. The van der Waals surface area contributed by atoms with Crippen molar-refractivity contribution in [2.24, 2.45) is 5.73 Å². The fraction of sp³-hybridized carbons (Fsp3) is 0.500. The van der Waals surface area contributed by atoms with Gasteiger partial charge >= 0.3 is 0 Å². The summed E-state index contributed by atoms with van der Waals surface area (Å²) in [5.41, 5.74) is 5.94. The minimum atomic E-state index is -2.74. The highest BCUT2D eigenvalue weighted by Crippen LogP contribution is 2.37. The number of rotatable bonds is 6. The number of nitrogens with one attached hydrogen (secondary N) is 1. The number of aromatic nitrogens is 3. The van der Waals surface area contributed by atoms with E-state index < -0.39 is 36.6 Å². The molecule has 10 heteroatoms. The van der Waals surface area contributed by atoms with Gasteiger partial charge in [-0.25, -0.2) is 18.3 Å². The van der Waals surface area contributed by atoms with Crippen molar-refractivity contribution in [3.63, 3.8) is 0 Å². The zero-order chi connectivity index (χ0) is 19.1. The van der Waals surface area contributed by atoms with Crippen LogP contribution in [0, 0.1) is 0 Å². The third kappa shape index (κ3) is 3.50. The van der Waals surface area contributed by atoms with Gasteiger partial charge in [0.1, 0.15) is 17.0 Å². The Labute approximate surface area is 147 Å². The summed E-state index contributed by atoms with van der Waals surface area (Å²) >= 11 is 0. The second kappa shape index (κ2) is 6.60. The van der Waals surface area contributed by atoms with Gasteiger partial charge in [-0.2, -0.15) is 5.10 Å². The molecular weight excluding hydrogens is 348 g/mol. The summed E-state index contributed by atoms with van der Waals surface area (Å²) in [6, 6.07) is 0.792. The normalized spacial score (nSPS) is 16.7. The molecule has 3 N–H and O–H groups in total. The molecule has 1 fully saturated rings. The van der Waals surface area contributed by atoms with Crippen LogP contribution in [0.3, 0.4) is 0 Å². The van der Waals surface area contributed by atoms with Crippen LogP contribution >= 0.6 is 0 Å². The number of hydrogen-bond acceptors (Lipinski definition) is 5. The molecule has 2 aromatic rings. The van der Waals surface area contributed by atoms with E-state index in [1.54, 1.807) is 0 Å². The average molecular weight is 367 g/mol. The Balaban J connectivity index is 1.92. The van der Waals surface area contributed by atoms with E-state index in [1.807, 2.05) is 13.8 Å². The molecule has 0 atom stereocenters. The summed E-state index contributed by atoms with van der Waals surface area (Å²) in [6.45, 7) is 3.67. The van der Waals surface area contributed by atoms with Gasteiger partial charge in [-0.05, 0) is 19.9 Å². The zero-order valence-electron chi connectivity index (χ0n) is 14.3. The fourth-order valence-corrected chi connectivity index (χ4v) is 2.78. The van der Waals surface area contributed by atoms with Crippen molar-refractivity contribution in [3.05, 3.63) is 29.2 Å². The van der Waals surface area contributed by atoms with Crippen LogP contribution in [0.25, 0.3) is 5.65 Å². The molecule has 140 valence electrons. The molecule has 0 unspecified atom stereocenters. The smallest absolute Gasteiger partial charge is 0.270 e. The van der Waals surface area contributed by atoms with Crippen LogP contribution in [0.15, 0.2) is 12.3 Å². The van der Waals surface area contributed by atoms with E-state index in [9.17, 15) is 18.4 Å². The summed E-state index contributed by atoms with van der Waals surface area (Å²) < 4.78 is 32.5. The molecule has 2 heterocycles. The minimum Gasteiger partial charge on any atom is -0.372 e. The molecule has 26 heavy (non-hydrogen) atoms. The summed E-state index contributed by atoms with van der Waals surface area (Å²) in [4.78, 5) is 28.3. The van der Waals surface area contributed by atoms with Gasteiger partial charge in [0.15, 0.2) is 5.65 Å². The SMILES string of the molecule is CC(C)OCc1nn2c(C(=O)NC3CC(F)(F)C3)ccnc2c1C(N)=O. The van der Waals surface area contributed by atoms with Gasteiger partial charge in [0.2, 0.25) is 0 Å². The predicted molar refractivity (Wildman–Crippen MR) is 86.9 cm³/mol. The lowest BCUT2D eigenvalue weighted by Gasteiger charge is -2.35. The van der Waals surface area contributed by atoms with Crippen LogP contribution in [-0.4, -0.2) is 44.5 Å². The second-order valence-electron chi connectivity index (χ2n) is 6.55. The quantitative estimate of drug-likeness (QED) is 0.799. The molecule has 0 spiro atoms. The van der Waals surface area contributed by atoms with E-state index >= 15 is 0 Å². The Bertz CT molecular complexity index is 857. The number of nitrogens with two attached hydrogens (primary N) is 1. The van der Waals surface area contributed by atoms with Gasteiger partial charge in [-0.15, -0.1) is 0 Å². The maximum atomic E-state index is 12.9. The summed E-state index contributed by atoms with van der Waals surface area (Å²) in [5.74, 6) is -4.06. The molecule has 2 aromatic heterocycles. The lowest BCUT2D eigenvalue weighted by Crippen LogP contribution is -2.50. The fourth-order valence-electron chi connectivity index (χ4n) is 2.78. The van der Waals surface area contributed by atoms with Crippen LogP contribution in [-0.2, 0) is 11.3 Å². The Morgan fingerprint density at radius 2 is 2.15 bits per heavy atom. The Kier molecular flexibility index (Phi) is 4.61. The van der Waals surface area contributed by atoms with Crippen molar-refractivity contribution in [2.75, 3.05) is 0 Å². The molecular formula is C16H19F2N5O3. The lowest BCUT2D eigenvalue weighted by molar-refractivity contribution is -0.0901. The van der Waals surface area contributed by atoms with Gasteiger partial charge in [0.05, 0.1) is 12.7 Å². The number of amides is 2. The van der Waals surface area contributed by atoms with Gasteiger partial charge in [-0.1, -0.05) is 0 Å². The van der Waals surface area contributed by atoms with E-state index in [2.05, 4.69) is 15.4 Å². The molecule has 0 radical (unpaired) electrons. The number of primary amides is 1. The number of carbonyl (C=O) groups excluding carboxylic acids is 2. The molecule has 1 aliphatic rings. The highest BCUT2D eigenvalue weighted by molar-refractivity contribution is 6.01. The second-order valence-corrected chi connectivity index (χ2v) is 6.55. The first kappa shape index (κ1) is 18.2. The molecule has 8 nitrogen and oxygen atoms in total. The van der Waals surface area contributed by atoms with Crippen molar-refractivity contribution in [1.29, 1.82) is 0 Å². The molecule has 2 amide bonds. The number of hydrogen-bond donors (Lipinski definition) is 2. The number of alkyl halides is 2. The number of nitrogens with zero attached hydrogens (tertiary/aromatic N) is 3. The summed E-state index contributed by atoms with van der Waals surface area (Å²) in [6.07, 6.45) is 0.440. The largest absolute Gasteiger partial charge is 0.372 e. The van der Waals surface area contributed by atoms with Crippen LogP contribution in [0.2, 0.25) is 0 Å². The van der Waals surface area contributed by atoms with Crippen LogP contribution in [0.4, 0.5) is 8.78 Å². The van der Waals surface area contributed by atoms with Crippen molar-refractivity contribution in [2.45, 2.75) is 51.4 Å². The standard InChI is InChI=1S/C16H19F2N5O3/c1-8(2)26-7-10-12(13(19)24)14-20-4-3-11(23(14)22-10)15(25)21-9-5-16(17,18)6-9/h3-4,8-9H,5-7H2,1-2H3,(H2,19,24)(H,21,25). The van der Waals surface area contributed by atoms with Gasteiger partial charge < -0.3 is 15.8 Å². The first-order valence-electron chi connectivity index (χ1n) is 8.14. The minimum absolute atomic E-state index is 0.0230.